The fourth-order valence-corrected chi connectivity index (χ4v) is 2.41. The van der Waals surface area contributed by atoms with Gasteiger partial charge in [0.15, 0.2) is 5.78 Å². The summed E-state index contributed by atoms with van der Waals surface area (Å²) in [4.78, 5) is 15.6. The van der Waals surface area contributed by atoms with E-state index in [-0.39, 0.29) is 5.78 Å². The van der Waals surface area contributed by atoms with Crippen molar-refractivity contribution in [2.24, 2.45) is 0 Å². The third-order valence-electron chi connectivity index (χ3n) is 3.31. The van der Waals surface area contributed by atoms with Crippen molar-refractivity contribution in [2.75, 3.05) is 6.54 Å². The van der Waals surface area contributed by atoms with Crippen LogP contribution in [-0.4, -0.2) is 23.4 Å². The van der Waals surface area contributed by atoms with Gasteiger partial charge in [-0.2, -0.15) is 0 Å². The van der Waals surface area contributed by atoms with Crippen LogP contribution < -0.4 is 5.32 Å². The van der Waals surface area contributed by atoms with Crippen molar-refractivity contribution >= 4 is 28.3 Å². The van der Waals surface area contributed by atoms with E-state index >= 15 is 0 Å². The van der Waals surface area contributed by atoms with Gasteiger partial charge in [0.1, 0.15) is 0 Å². The number of ketones is 1. The Hall–Kier alpha value is -1.32. The van der Waals surface area contributed by atoms with Gasteiger partial charge in [0, 0.05) is 27.7 Å². The summed E-state index contributed by atoms with van der Waals surface area (Å²) in [5, 5.41) is 4.83. The summed E-state index contributed by atoms with van der Waals surface area (Å²) < 4.78 is 0. The van der Waals surface area contributed by atoms with Crippen LogP contribution in [0.1, 0.15) is 35.5 Å². The van der Waals surface area contributed by atoms with Gasteiger partial charge in [-0.05, 0) is 25.5 Å². The third kappa shape index (κ3) is 2.67. The zero-order chi connectivity index (χ0) is 14.2. The van der Waals surface area contributed by atoms with Crippen molar-refractivity contribution in [1.82, 2.24) is 10.3 Å². The standard InChI is InChI=1S/C15H19ClN2O/c1-8(2)17-7-13(19)14-10(4)18-15-9(3)12(16)6-5-11(14)15/h5-6,8,17-18H,7H2,1-4H3. The van der Waals surface area contributed by atoms with E-state index in [9.17, 15) is 4.79 Å². The molecule has 0 aliphatic heterocycles. The highest BCUT2D eigenvalue weighted by atomic mass is 35.5. The fourth-order valence-electron chi connectivity index (χ4n) is 2.25. The van der Waals surface area contributed by atoms with Gasteiger partial charge in [-0.15, -0.1) is 0 Å². The van der Waals surface area contributed by atoms with E-state index in [0.29, 0.717) is 17.6 Å². The molecule has 2 aromatic rings. The maximum absolute atomic E-state index is 12.3. The SMILES string of the molecule is Cc1[nH]c2c(C)c(Cl)ccc2c1C(=O)CNC(C)C. The van der Waals surface area contributed by atoms with Crippen LogP contribution in [0.2, 0.25) is 5.02 Å². The molecule has 0 saturated carbocycles. The Balaban J connectivity index is 2.46. The van der Waals surface area contributed by atoms with Crippen LogP contribution in [-0.2, 0) is 0 Å². The molecule has 1 aromatic carbocycles. The Morgan fingerprint density at radius 1 is 1.37 bits per heavy atom. The average molecular weight is 279 g/mol. The molecule has 0 aliphatic carbocycles. The van der Waals surface area contributed by atoms with E-state index in [0.717, 1.165) is 27.7 Å². The molecule has 0 spiro atoms. The molecule has 0 bridgehead atoms. The van der Waals surface area contributed by atoms with Gasteiger partial charge in [-0.3, -0.25) is 4.79 Å². The van der Waals surface area contributed by atoms with Crippen LogP contribution >= 0.6 is 11.6 Å². The lowest BCUT2D eigenvalue weighted by Gasteiger charge is -2.07. The van der Waals surface area contributed by atoms with Crippen LogP contribution in [0.4, 0.5) is 0 Å². The second kappa shape index (κ2) is 5.35. The Labute approximate surface area is 118 Å². The number of benzene rings is 1. The molecule has 0 saturated heterocycles. The Bertz CT molecular complexity index is 629. The highest BCUT2D eigenvalue weighted by Gasteiger charge is 2.17. The number of nitrogens with one attached hydrogen (secondary N) is 2. The topological polar surface area (TPSA) is 44.9 Å². The molecule has 0 radical (unpaired) electrons. The lowest BCUT2D eigenvalue weighted by atomic mass is 10.0. The van der Waals surface area contributed by atoms with Crippen molar-refractivity contribution in [3.05, 3.63) is 34.0 Å². The number of rotatable bonds is 4. The van der Waals surface area contributed by atoms with Gasteiger partial charge in [0.05, 0.1) is 12.1 Å². The van der Waals surface area contributed by atoms with Crippen LogP contribution in [0.5, 0.6) is 0 Å². The van der Waals surface area contributed by atoms with Crippen LogP contribution in [0, 0.1) is 13.8 Å². The zero-order valence-electron chi connectivity index (χ0n) is 11.7. The van der Waals surface area contributed by atoms with E-state index in [4.69, 9.17) is 11.6 Å². The molecule has 0 atom stereocenters. The van der Waals surface area contributed by atoms with Crippen LogP contribution in [0.3, 0.4) is 0 Å². The smallest absolute Gasteiger partial charge is 0.179 e. The molecule has 0 aliphatic rings. The number of Topliss-reactive ketones (excluding diaryl/α,β-unsaturated/α-hetero) is 1. The molecule has 19 heavy (non-hydrogen) atoms. The number of carbonyl (C=O) groups is 1. The highest BCUT2D eigenvalue weighted by molar-refractivity contribution is 6.32. The predicted octanol–water partition coefficient (Wildman–Crippen LogP) is 3.62. The monoisotopic (exact) mass is 278 g/mol. The summed E-state index contributed by atoms with van der Waals surface area (Å²) in [5.41, 5.74) is 3.61. The minimum Gasteiger partial charge on any atom is -0.358 e. The van der Waals surface area contributed by atoms with E-state index in [1.54, 1.807) is 0 Å². The first kappa shape index (κ1) is 14.1. The number of halogens is 1. The molecule has 1 aromatic heterocycles. The number of hydrogen-bond donors (Lipinski definition) is 2. The van der Waals surface area contributed by atoms with Crippen molar-refractivity contribution in [3.8, 4) is 0 Å². The third-order valence-corrected chi connectivity index (χ3v) is 3.71. The number of H-pyrrole nitrogens is 1. The molecular weight excluding hydrogens is 260 g/mol. The van der Waals surface area contributed by atoms with E-state index in [2.05, 4.69) is 10.3 Å². The van der Waals surface area contributed by atoms with Crippen molar-refractivity contribution in [1.29, 1.82) is 0 Å². The highest BCUT2D eigenvalue weighted by Crippen LogP contribution is 2.29. The largest absolute Gasteiger partial charge is 0.358 e. The molecule has 0 fully saturated rings. The Morgan fingerprint density at radius 3 is 2.68 bits per heavy atom. The minimum atomic E-state index is 0.110. The molecule has 2 N–H and O–H groups in total. The normalized spacial score (nSPS) is 11.5. The van der Waals surface area contributed by atoms with E-state index in [1.165, 1.54) is 0 Å². The summed E-state index contributed by atoms with van der Waals surface area (Å²) in [6.45, 7) is 8.29. The number of fused-ring (bicyclic) bond motifs is 1. The first-order valence-electron chi connectivity index (χ1n) is 6.45. The van der Waals surface area contributed by atoms with Crippen LogP contribution in [0.15, 0.2) is 12.1 Å². The maximum atomic E-state index is 12.3. The van der Waals surface area contributed by atoms with E-state index in [1.807, 2.05) is 39.8 Å². The van der Waals surface area contributed by atoms with Gasteiger partial charge in [-0.1, -0.05) is 31.5 Å². The van der Waals surface area contributed by atoms with Crippen molar-refractivity contribution < 1.29 is 4.79 Å². The fraction of sp³-hybridized carbons (Fsp3) is 0.400. The van der Waals surface area contributed by atoms with Gasteiger partial charge in [0.25, 0.3) is 0 Å². The molecule has 0 unspecified atom stereocenters. The van der Waals surface area contributed by atoms with Gasteiger partial charge < -0.3 is 10.3 Å². The molecule has 102 valence electrons. The number of aromatic amines is 1. The number of hydrogen-bond acceptors (Lipinski definition) is 2. The summed E-state index contributed by atoms with van der Waals surface area (Å²) >= 11 is 6.11. The Kier molecular flexibility index (Phi) is 3.97. The number of carbonyl (C=O) groups excluding carboxylic acids is 1. The molecule has 2 rings (SSSR count). The van der Waals surface area contributed by atoms with Crippen LogP contribution in [0.25, 0.3) is 10.9 Å². The average Bonchev–Trinajstić information content (AvgIpc) is 2.68. The predicted molar refractivity (Wildman–Crippen MR) is 80.3 cm³/mol. The summed E-state index contributed by atoms with van der Waals surface area (Å²) in [5.74, 6) is 0.110. The molecule has 0 amide bonds. The second-order valence-corrected chi connectivity index (χ2v) is 5.59. The molecular formula is C15H19ClN2O. The molecule has 4 heteroatoms. The zero-order valence-corrected chi connectivity index (χ0v) is 12.5. The number of aromatic nitrogens is 1. The van der Waals surface area contributed by atoms with Crippen molar-refractivity contribution in [2.45, 2.75) is 33.7 Å². The van der Waals surface area contributed by atoms with Gasteiger partial charge in [0.2, 0.25) is 0 Å². The summed E-state index contributed by atoms with van der Waals surface area (Å²) in [6, 6.07) is 4.06. The summed E-state index contributed by atoms with van der Waals surface area (Å²) in [7, 11) is 0. The maximum Gasteiger partial charge on any atom is 0.179 e. The van der Waals surface area contributed by atoms with E-state index < -0.39 is 0 Å². The first-order valence-corrected chi connectivity index (χ1v) is 6.83. The second-order valence-electron chi connectivity index (χ2n) is 5.18. The molecule has 1 heterocycles. The first-order chi connectivity index (χ1) is 8.91. The van der Waals surface area contributed by atoms with Crippen molar-refractivity contribution in [3.63, 3.8) is 0 Å². The van der Waals surface area contributed by atoms with Gasteiger partial charge >= 0.3 is 0 Å². The number of aryl methyl sites for hydroxylation is 2. The van der Waals surface area contributed by atoms with Gasteiger partial charge in [-0.25, -0.2) is 0 Å². The quantitative estimate of drug-likeness (QED) is 0.839. The molecule has 3 nitrogen and oxygen atoms in total. The minimum absolute atomic E-state index is 0.110. The lowest BCUT2D eigenvalue weighted by molar-refractivity contribution is 0.0989. The summed E-state index contributed by atoms with van der Waals surface area (Å²) in [6.07, 6.45) is 0. The lowest BCUT2D eigenvalue weighted by Crippen LogP contribution is -2.29. The Morgan fingerprint density at radius 2 is 2.05 bits per heavy atom.